The Hall–Kier alpha value is -3.26. The van der Waals surface area contributed by atoms with E-state index in [0.717, 1.165) is 16.6 Å². The molecular formula is C22H21FN4O3. The molecule has 30 heavy (non-hydrogen) atoms. The lowest BCUT2D eigenvalue weighted by molar-refractivity contribution is -0.131. The quantitative estimate of drug-likeness (QED) is 0.716. The van der Waals surface area contributed by atoms with E-state index >= 15 is 0 Å². The highest BCUT2D eigenvalue weighted by Gasteiger charge is 2.48. The predicted octanol–water partition coefficient (Wildman–Crippen LogP) is 1.97. The molecule has 3 heterocycles. The molecule has 0 saturated carbocycles. The van der Waals surface area contributed by atoms with E-state index in [1.807, 2.05) is 18.2 Å². The van der Waals surface area contributed by atoms with Gasteiger partial charge in [0.25, 0.3) is 0 Å². The van der Waals surface area contributed by atoms with E-state index in [0.29, 0.717) is 25.3 Å². The third-order valence-electron chi connectivity index (χ3n) is 6.08. The number of aliphatic hydroxyl groups excluding tert-OH is 1. The minimum atomic E-state index is -0.368. The van der Waals surface area contributed by atoms with Crippen molar-refractivity contribution in [2.75, 3.05) is 31.1 Å². The van der Waals surface area contributed by atoms with Gasteiger partial charge in [-0.2, -0.15) is 5.10 Å². The summed E-state index contributed by atoms with van der Waals surface area (Å²) in [5.74, 6) is -0.654. The molecule has 0 bridgehead atoms. The van der Waals surface area contributed by atoms with Crippen molar-refractivity contribution in [3.63, 3.8) is 0 Å². The molecule has 2 atom stereocenters. The van der Waals surface area contributed by atoms with Crippen LogP contribution in [0.2, 0.25) is 0 Å². The second-order valence-corrected chi connectivity index (χ2v) is 7.81. The van der Waals surface area contributed by atoms with Gasteiger partial charge in [-0.15, -0.1) is 0 Å². The number of anilines is 1. The molecule has 8 heteroatoms. The molecule has 0 unspecified atom stereocenters. The van der Waals surface area contributed by atoms with Gasteiger partial charge in [0.2, 0.25) is 11.8 Å². The number of hydrogen-bond acceptors (Lipinski definition) is 4. The summed E-state index contributed by atoms with van der Waals surface area (Å²) in [6.07, 6.45) is 1.75. The van der Waals surface area contributed by atoms with E-state index in [4.69, 9.17) is 5.11 Å². The van der Waals surface area contributed by atoms with Gasteiger partial charge < -0.3 is 14.9 Å². The number of hydrogen-bond donors (Lipinski definition) is 1. The number of benzene rings is 2. The summed E-state index contributed by atoms with van der Waals surface area (Å²) in [7, 11) is 0. The Morgan fingerprint density at radius 1 is 1.10 bits per heavy atom. The van der Waals surface area contributed by atoms with Crippen LogP contribution in [0.15, 0.2) is 48.7 Å². The molecule has 2 aliphatic rings. The van der Waals surface area contributed by atoms with Gasteiger partial charge >= 0.3 is 0 Å². The maximum Gasteiger partial charge on any atom is 0.232 e. The van der Waals surface area contributed by atoms with Crippen molar-refractivity contribution in [2.24, 2.45) is 11.8 Å². The van der Waals surface area contributed by atoms with Crippen LogP contribution in [0.25, 0.3) is 16.6 Å². The summed E-state index contributed by atoms with van der Waals surface area (Å²) in [6.45, 7) is 1.26. The maximum absolute atomic E-state index is 14.3. The van der Waals surface area contributed by atoms with Crippen LogP contribution in [-0.2, 0) is 9.59 Å². The fourth-order valence-electron chi connectivity index (χ4n) is 4.62. The fraction of sp³-hybridized carbons (Fsp3) is 0.318. The lowest BCUT2D eigenvalue weighted by Crippen LogP contribution is -2.36. The molecule has 2 fully saturated rings. The Bertz CT molecular complexity index is 1140. The maximum atomic E-state index is 14.3. The first-order chi connectivity index (χ1) is 14.6. The largest absolute Gasteiger partial charge is 0.396 e. The number of carbonyl (C=O) groups excluding carboxylic acids is 2. The average Bonchev–Trinajstić information content (AvgIpc) is 3.43. The number of carbonyl (C=O) groups is 2. The van der Waals surface area contributed by atoms with Gasteiger partial charge in [0, 0.05) is 37.4 Å². The van der Waals surface area contributed by atoms with Crippen molar-refractivity contribution >= 4 is 28.4 Å². The minimum absolute atomic E-state index is 0.00885. The van der Waals surface area contributed by atoms with Crippen molar-refractivity contribution in [1.82, 2.24) is 14.7 Å². The number of halogens is 1. The zero-order valence-electron chi connectivity index (χ0n) is 16.2. The number of likely N-dealkylation sites (tertiary alicyclic amines) is 1. The summed E-state index contributed by atoms with van der Waals surface area (Å²) < 4.78 is 15.8. The molecule has 2 aliphatic heterocycles. The number of fused-ring (bicyclic) bond motifs is 2. The number of para-hydroxylation sites is 1. The SMILES string of the molecule is O=C(CCO)N1C[C@H]2CN(c3cccc4c3cnn4-c3ccccc3F)C(=O)[C@H]2C1. The third kappa shape index (κ3) is 2.87. The molecule has 0 radical (unpaired) electrons. The Labute approximate surface area is 172 Å². The molecule has 2 amide bonds. The van der Waals surface area contributed by atoms with Crippen LogP contribution in [0.3, 0.4) is 0 Å². The summed E-state index contributed by atoms with van der Waals surface area (Å²) in [4.78, 5) is 28.7. The fourth-order valence-corrected chi connectivity index (χ4v) is 4.62. The van der Waals surface area contributed by atoms with Crippen molar-refractivity contribution in [3.8, 4) is 5.69 Å². The average molecular weight is 408 g/mol. The molecule has 2 saturated heterocycles. The summed E-state index contributed by atoms with van der Waals surface area (Å²) >= 11 is 0. The first kappa shape index (κ1) is 18.7. The highest BCUT2D eigenvalue weighted by atomic mass is 19.1. The van der Waals surface area contributed by atoms with Crippen LogP contribution in [-0.4, -0.2) is 57.8 Å². The van der Waals surface area contributed by atoms with Gasteiger partial charge in [0.1, 0.15) is 11.5 Å². The van der Waals surface area contributed by atoms with Crippen LogP contribution < -0.4 is 4.90 Å². The molecule has 1 N–H and O–H groups in total. The number of aromatic nitrogens is 2. The standard InChI is InChI=1S/C22H21FN4O3/c23-17-4-1-2-5-20(17)27-19-7-3-6-18(15(19)10-24-27)26-12-14-11-25(21(29)8-9-28)13-16(14)22(26)30/h1-7,10,14,16,28H,8-9,11-13H2/t14-,16-/m0/s1. The Morgan fingerprint density at radius 3 is 2.67 bits per heavy atom. The van der Waals surface area contributed by atoms with Crippen LogP contribution in [0.4, 0.5) is 10.1 Å². The zero-order chi connectivity index (χ0) is 20.8. The van der Waals surface area contributed by atoms with Crippen molar-refractivity contribution in [1.29, 1.82) is 0 Å². The zero-order valence-corrected chi connectivity index (χ0v) is 16.2. The van der Waals surface area contributed by atoms with Crippen LogP contribution in [0, 0.1) is 17.7 Å². The molecule has 1 aromatic heterocycles. The number of amides is 2. The minimum Gasteiger partial charge on any atom is -0.396 e. The third-order valence-corrected chi connectivity index (χ3v) is 6.08. The molecule has 7 nitrogen and oxygen atoms in total. The van der Waals surface area contributed by atoms with Crippen LogP contribution in [0.5, 0.6) is 0 Å². The first-order valence-corrected chi connectivity index (χ1v) is 10.00. The van der Waals surface area contributed by atoms with Gasteiger partial charge in [0.05, 0.1) is 29.9 Å². The lowest BCUT2D eigenvalue weighted by Gasteiger charge is -2.22. The summed E-state index contributed by atoms with van der Waals surface area (Å²) in [5.41, 5.74) is 1.83. The number of nitrogens with zero attached hydrogens (tertiary/aromatic N) is 4. The lowest BCUT2D eigenvalue weighted by atomic mass is 10.0. The molecule has 154 valence electrons. The Balaban J connectivity index is 1.45. The van der Waals surface area contributed by atoms with Gasteiger partial charge in [0.15, 0.2) is 0 Å². The van der Waals surface area contributed by atoms with Crippen molar-refractivity contribution in [3.05, 3.63) is 54.5 Å². The van der Waals surface area contributed by atoms with E-state index in [2.05, 4.69) is 5.10 Å². The topological polar surface area (TPSA) is 78.7 Å². The van der Waals surface area contributed by atoms with Crippen LogP contribution in [0.1, 0.15) is 6.42 Å². The van der Waals surface area contributed by atoms with Gasteiger partial charge in [-0.05, 0) is 24.3 Å². The van der Waals surface area contributed by atoms with Gasteiger partial charge in [-0.25, -0.2) is 9.07 Å². The highest BCUT2D eigenvalue weighted by Crippen LogP contribution is 2.38. The van der Waals surface area contributed by atoms with E-state index in [-0.39, 0.29) is 42.5 Å². The van der Waals surface area contributed by atoms with Gasteiger partial charge in [-0.3, -0.25) is 9.59 Å². The number of rotatable bonds is 4. The monoisotopic (exact) mass is 408 g/mol. The van der Waals surface area contributed by atoms with Crippen LogP contribution >= 0.6 is 0 Å². The summed E-state index contributed by atoms with van der Waals surface area (Å²) in [6, 6.07) is 12.0. The van der Waals surface area contributed by atoms with E-state index in [1.165, 1.54) is 6.07 Å². The van der Waals surface area contributed by atoms with E-state index in [9.17, 15) is 14.0 Å². The molecule has 5 rings (SSSR count). The molecule has 0 spiro atoms. The molecule has 3 aromatic rings. The number of aliphatic hydroxyl groups is 1. The Kier molecular flexibility index (Phi) is 4.51. The normalized spacial score (nSPS) is 20.9. The van der Waals surface area contributed by atoms with Crippen molar-refractivity contribution < 1.29 is 19.1 Å². The van der Waals surface area contributed by atoms with E-state index < -0.39 is 0 Å². The Morgan fingerprint density at radius 2 is 1.90 bits per heavy atom. The smallest absolute Gasteiger partial charge is 0.232 e. The molecule has 2 aromatic carbocycles. The predicted molar refractivity (Wildman–Crippen MR) is 109 cm³/mol. The highest BCUT2D eigenvalue weighted by molar-refractivity contribution is 6.05. The first-order valence-electron chi connectivity index (χ1n) is 10.00. The second-order valence-electron chi connectivity index (χ2n) is 7.81. The summed E-state index contributed by atoms with van der Waals surface area (Å²) in [5, 5.41) is 14.1. The van der Waals surface area contributed by atoms with Gasteiger partial charge in [-0.1, -0.05) is 18.2 Å². The molecule has 0 aliphatic carbocycles. The molecular weight excluding hydrogens is 387 g/mol. The second kappa shape index (κ2) is 7.21. The van der Waals surface area contributed by atoms with E-state index in [1.54, 1.807) is 38.9 Å². The van der Waals surface area contributed by atoms with Crippen molar-refractivity contribution in [2.45, 2.75) is 6.42 Å².